The van der Waals surface area contributed by atoms with Gasteiger partial charge in [-0.2, -0.15) is 0 Å². The molecule has 0 atom stereocenters. The molecule has 0 saturated heterocycles. The largest absolute Gasteiger partial charge is 0.343 e. The molecular weight excluding hydrogens is 332 g/mol. The Morgan fingerprint density at radius 2 is 1.56 bits per heavy atom. The maximum Gasteiger partial charge on any atom is 0.223 e. The molecule has 0 fully saturated rings. The molecule has 0 aliphatic heterocycles. The number of quaternary nitrogens is 1. The highest BCUT2D eigenvalue weighted by Crippen LogP contribution is 2.39. The molecule has 154 valence electrons. The standard InChI is InChI=1S/C24H42N2O/c1-6-9-17-24(18-10-7-2,22-15-12-11-13-16-22)21-23(27)26(8-3)20-14-19-25(4)5/h11-13,15-16H,6-10,14,17-21H2,1-5H3/p+1. The van der Waals surface area contributed by atoms with E-state index in [4.69, 9.17) is 0 Å². The van der Waals surface area contributed by atoms with Crippen molar-refractivity contribution in [2.24, 2.45) is 0 Å². The van der Waals surface area contributed by atoms with Gasteiger partial charge in [0.15, 0.2) is 0 Å². The first-order valence-electron chi connectivity index (χ1n) is 11.1. The number of rotatable bonds is 14. The van der Waals surface area contributed by atoms with Crippen molar-refractivity contribution in [1.82, 2.24) is 4.90 Å². The van der Waals surface area contributed by atoms with Gasteiger partial charge in [0.05, 0.1) is 20.6 Å². The third-order valence-electron chi connectivity index (χ3n) is 5.73. The van der Waals surface area contributed by atoms with Crippen LogP contribution in [0, 0.1) is 0 Å². The number of carbonyl (C=O) groups is 1. The lowest BCUT2D eigenvalue weighted by Gasteiger charge is -2.36. The van der Waals surface area contributed by atoms with E-state index in [9.17, 15) is 4.79 Å². The second-order valence-electron chi connectivity index (χ2n) is 8.31. The molecule has 0 aromatic heterocycles. The Morgan fingerprint density at radius 3 is 2.04 bits per heavy atom. The van der Waals surface area contributed by atoms with E-state index in [0.29, 0.717) is 12.3 Å². The lowest BCUT2D eigenvalue weighted by molar-refractivity contribution is -0.858. The van der Waals surface area contributed by atoms with E-state index in [-0.39, 0.29) is 5.41 Å². The van der Waals surface area contributed by atoms with Gasteiger partial charge in [0.1, 0.15) is 0 Å². The number of hydrogen-bond acceptors (Lipinski definition) is 1. The smallest absolute Gasteiger partial charge is 0.223 e. The number of hydrogen-bond donors (Lipinski definition) is 1. The zero-order valence-electron chi connectivity index (χ0n) is 18.5. The van der Waals surface area contributed by atoms with Crippen LogP contribution in [0.15, 0.2) is 30.3 Å². The maximum atomic E-state index is 13.3. The van der Waals surface area contributed by atoms with Crippen molar-refractivity contribution in [3.8, 4) is 0 Å². The second kappa shape index (κ2) is 12.9. The number of nitrogens with zero attached hydrogens (tertiary/aromatic N) is 1. The molecule has 1 aromatic rings. The minimum atomic E-state index is -0.00934. The van der Waals surface area contributed by atoms with Crippen LogP contribution in [0.2, 0.25) is 0 Å². The summed E-state index contributed by atoms with van der Waals surface area (Å²) in [4.78, 5) is 16.8. The van der Waals surface area contributed by atoms with Crippen molar-refractivity contribution in [3.05, 3.63) is 35.9 Å². The monoisotopic (exact) mass is 375 g/mol. The zero-order chi connectivity index (χ0) is 20.1. The van der Waals surface area contributed by atoms with Crippen LogP contribution in [0.5, 0.6) is 0 Å². The van der Waals surface area contributed by atoms with E-state index in [1.54, 1.807) is 0 Å². The van der Waals surface area contributed by atoms with Gasteiger partial charge in [-0.25, -0.2) is 0 Å². The van der Waals surface area contributed by atoms with Crippen LogP contribution < -0.4 is 4.90 Å². The molecule has 1 amide bonds. The summed E-state index contributed by atoms with van der Waals surface area (Å²) >= 11 is 0. The van der Waals surface area contributed by atoms with Gasteiger partial charge >= 0.3 is 0 Å². The summed E-state index contributed by atoms with van der Waals surface area (Å²) in [6, 6.07) is 10.8. The highest BCUT2D eigenvalue weighted by Gasteiger charge is 2.34. The molecule has 0 saturated carbocycles. The van der Waals surface area contributed by atoms with E-state index >= 15 is 0 Å². The predicted molar refractivity (Wildman–Crippen MR) is 116 cm³/mol. The number of carbonyl (C=O) groups excluding carboxylic acids is 1. The first kappa shape index (κ1) is 23.7. The first-order valence-corrected chi connectivity index (χ1v) is 11.1. The van der Waals surface area contributed by atoms with Gasteiger partial charge in [-0.05, 0) is 25.3 Å². The molecule has 0 unspecified atom stereocenters. The summed E-state index contributed by atoms with van der Waals surface area (Å²) in [5.41, 5.74) is 1.35. The van der Waals surface area contributed by atoms with Crippen molar-refractivity contribution < 1.29 is 9.69 Å². The molecule has 1 aromatic carbocycles. The lowest BCUT2D eigenvalue weighted by atomic mass is 9.70. The maximum absolute atomic E-state index is 13.3. The zero-order valence-corrected chi connectivity index (χ0v) is 18.5. The second-order valence-corrected chi connectivity index (χ2v) is 8.31. The molecule has 3 heteroatoms. The number of unbranched alkanes of at least 4 members (excludes halogenated alkanes) is 2. The molecule has 0 spiro atoms. The summed E-state index contributed by atoms with van der Waals surface area (Å²) in [5.74, 6) is 0.335. The number of amides is 1. The summed E-state index contributed by atoms with van der Waals surface area (Å²) in [5, 5.41) is 0. The summed E-state index contributed by atoms with van der Waals surface area (Å²) < 4.78 is 0. The van der Waals surface area contributed by atoms with Crippen LogP contribution in [0.25, 0.3) is 0 Å². The van der Waals surface area contributed by atoms with Crippen molar-refractivity contribution in [1.29, 1.82) is 0 Å². The molecule has 0 radical (unpaired) electrons. The Labute approximate surface area is 168 Å². The van der Waals surface area contributed by atoms with E-state index < -0.39 is 0 Å². The fraction of sp³-hybridized carbons (Fsp3) is 0.708. The highest BCUT2D eigenvalue weighted by molar-refractivity contribution is 5.78. The van der Waals surface area contributed by atoms with Gasteiger partial charge in [-0.1, -0.05) is 69.9 Å². The molecule has 1 N–H and O–H groups in total. The summed E-state index contributed by atoms with van der Waals surface area (Å²) in [6.45, 7) is 9.42. The van der Waals surface area contributed by atoms with Crippen LogP contribution >= 0.6 is 0 Å². The van der Waals surface area contributed by atoms with Crippen molar-refractivity contribution in [3.63, 3.8) is 0 Å². The van der Waals surface area contributed by atoms with Crippen molar-refractivity contribution in [2.45, 2.75) is 77.6 Å². The third-order valence-corrected chi connectivity index (χ3v) is 5.73. The quantitative estimate of drug-likeness (QED) is 0.521. The SMILES string of the molecule is CCCCC(CCCC)(CC(=O)N(CC)CCC[NH+](C)C)c1ccccc1. The Kier molecular flexibility index (Phi) is 11.3. The minimum Gasteiger partial charge on any atom is -0.343 e. The molecule has 3 nitrogen and oxygen atoms in total. The van der Waals surface area contributed by atoms with E-state index in [1.807, 2.05) is 0 Å². The van der Waals surface area contributed by atoms with Crippen LogP contribution in [-0.4, -0.2) is 44.5 Å². The van der Waals surface area contributed by atoms with Gasteiger partial charge in [0.2, 0.25) is 5.91 Å². The van der Waals surface area contributed by atoms with E-state index in [0.717, 1.165) is 38.9 Å². The first-order chi connectivity index (χ1) is 13.0. The topological polar surface area (TPSA) is 24.8 Å². The summed E-state index contributed by atoms with van der Waals surface area (Å²) in [6.07, 6.45) is 8.67. The van der Waals surface area contributed by atoms with Crippen molar-refractivity contribution in [2.75, 3.05) is 33.7 Å². The summed E-state index contributed by atoms with van der Waals surface area (Å²) in [7, 11) is 4.35. The molecule has 0 aliphatic rings. The van der Waals surface area contributed by atoms with Gasteiger partial charge in [-0.3, -0.25) is 4.79 Å². The minimum absolute atomic E-state index is 0.00934. The highest BCUT2D eigenvalue weighted by atomic mass is 16.2. The molecule has 0 bridgehead atoms. The van der Waals surface area contributed by atoms with E-state index in [2.05, 4.69) is 70.1 Å². The molecule has 0 heterocycles. The Hall–Kier alpha value is -1.35. The molecular formula is C24H43N2O+. The van der Waals surface area contributed by atoms with Crippen LogP contribution in [0.1, 0.15) is 77.7 Å². The molecule has 1 rings (SSSR count). The van der Waals surface area contributed by atoms with Crippen LogP contribution in [-0.2, 0) is 10.2 Å². The Morgan fingerprint density at radius 1 is 0.963 bits per heavy atom. The predicted octanol–water partition coefficient (Wildman–Crippen LogP) is 4.08. The average molecular weight is 376 g/mol. The molecule has 27 heavy (non-hydrogen) atoms. The lowest BCUT2D eigenvalue weighted by Crippen LogP contribution is -3.05. The normalized spacial score (nSPS) is 11.8. The Balaban J connectivity index is 3.00. The van der Waals surface area contributed by atoms with Gasteiger partial charge in [0, 0.05) is 31.3 Å². The van der Waals surface area contributed by atoms with Crippen LogP contribution in [0.4, 0.5) is 0 Å². The fourth-order valence-electron chi connectivity index (χ4n) is 4.00. The average Bonchev–Trinajstić information content (AvgIpc) is 2.67. The van der Waals surface area contributed by atoms with E-state index in [1.165, 1.54) is 36.1 Å². The van der Waals surface area contributed by atoms with Crippen LogP contribution in [0.3, 0.4) is 0 Å². The van der Waals surface area contributed by atoms with Crippen molar-refractivity contribution >= 4 is 5.91 Å². The van der Waals surface area contributed by atoms with Gasteiger partial charge in [0.25, 0.3) is 0 Å². The Bertz CT molecular complexity index is 504. The number of nitrogens with one attached hydrogen (secondary N) is 1. The number of benzene rings is 1. The van der Waals surface area contributed by atoms with Gasteiger partial charge < -0.3 is 9.80 Å². The fourth-order valence-corrected chi connectivity index (χ4v) is 4.00. The molecule has 0 aliphatic carbocycles. The third kappa shape index (κ3) is 8.04. The van der Waals surface area contributed by atoms with Gasteiger partial charge in [-0.15, -0.1) is 0 Å².